The number of nitrogens with one attached hydrogen (secondary N) is 1. The molecular formula is C14H12INO4S. The Morgan fingerprint density at radius 1 is 1.14 bits per heavy atom. The Morgan fingerprint density at radius 2 is 1.81 bits per heavy atom. The fourth-order valence-electron chi connectivity index (χ4n) is 1.66. The van der Waals surface area contributed by atoms with Crippen molar-refractivity contribution in [3.8, 4) is 0 Å². The zero-order chi connectivity index (χ0) is 15.5. The zero-order valence-corrected chi connectivity index (χ0v) is 14.0. The lowest BCUT2D eigenvalue weighted by atomic mass is 10.2. The molecule has 0 aliphatic heterocycles. The Balaban J connectivity index is 2.28. The molecule has 0 radical (unpaired) electrons. The van der Waals surface area contributed by atoms with Gasteiger partial charge in [0.05, 0.1) is 17.6 Å². The van der Waals surface area contributed by atoms with Gasteiger partial charge in [0.1, 0.15) is 0 Å². The number of rotatable bonds is 4. The van der Waals surface area contributed by atoms with Crippen LogP contribution in [0.15, 0.2) is 53.4 Å². The number of anilines is 1. The minimum atomic E-state index is -3.68. The number of hydrogen-bond acceptors (Lipinski definition) is 4. The van der Waals surface area contributed by atoms with Crippen molar-refractivity contribution in [1.82, 2.24) is 0 Å². The normalized spacial score (nSPS) is 11.0. The SMILES string of the molecule is COC(=O)c1cccc(NS(=O)(=O)c2ccc(I)cc2)c1. The Hall–Kier alpha value is -1.61. The van der Waals surface area contributed by atoms with Crippen molar-refractivity contribution in [2.24, 2.45) is 0 Å². The van der Waals surface area contributed by atoms with E-state index >= 15 is 0 Å². The predicted octanol–water partition coefficient (Wildman–Crippen LogP) is 2.88. The monoisotopic (exact) mass is 417 g/mol. The molecular weight excluding hydrogens is 405 g/mol. The first-order chi connectivity index (χ1) is 9.92. The van der Waals surface area contributed by atoms with Crippen LogP contribution >= 0.6 is 22.6 Å². The fourth-order valence-corrected chi connectivity index (χ4v) is 3.06. The molecule has 0 saturated heterocycles. The minimum Gasteiger partial charge on any atom is -0.465 e. The standard InChI is InChI=1S/C14H12INO4S/c1-20-14(17)10-3-2-4-12(9-10)16-21(18,19)13-7-5-11(15)6-8-13/h2-9,16H,1H3. The van der Waals surface area contributed by atoms with Crippen LogP contribution in [0.1, 0.15) is 10.4 Å². The maximum Gasteiger partial charge on any atom is 0.337 e. The molecule has 0 fully saturated rings. The van der Waals surface area contributed by atoms with Gasteiger partial charge >= 0.3 is 5.97 Å². The van der Waals surface area contributed by atoms with Gasteiger partial charge in [-0.05, 0) is 65.1 Å². The predicted molar refractivity (Wildman–Crippen MR) is 87.7 cm³/mol. The summed E-state index contributed by atoms with van der Waals surface area (Å²) in [5, 5.41) is 0. The summed E-state index contributed by atoms with van der Waals surface area (Å²) in [6.45, 7) is 0. The third kappa shape index (κ3) is 3.94. The first-order valence-corrected chi connectivity index (χ1v) is 8.45. The lowest BCUT2D eigenvalue weighted by molar-refractivity contribution is 0.0601. The van der Waals surface area contributed by atoms with Crippen molar-refractivity contribution in [1.29, 1.82) is 0 Å². The molecule has 0 aliphatic carbocycles. The number of halogens is 1. The van der Waals surface area contributed by atoms with Crippen LogP contribution in [0.25, 0.3) is 0 Å². The number of carbonyl (C=O) groups is 1. The first kappa shape index (κ1) is 15.8. The quantitative estimate of drug-likeness (QED) is 0.614. The summed E-state index contributed by atoms with van der Waals surface area (Å²) in [6, 6.07) is 12.6. The number of ether oxygens (including phenoxy) is 1. The molecule has 0 unspecified atom stereocenters. The summed E-state index contributed by atoms with van der Waals surface area (Å²) in [5.74, 6) is -0.523. The second kappa shape index (κ2) is 6.44. The van der Waals surface area contributed by atoms with Crippen molar-refractivity contribution in [3.05, 3.63) is 57.7 Å². The number of sulfonamides is 1. The number of hydrogen-bond donors (Lipinski definition) is 1. The van der Waals surface area contributed by atoms with E-state index in [0.717, 1.165) is 3.57 Å². The number of esters is 1. The van der Waals surface area contributed by atoms with Crippen LogP contribution in [0, 0.1) is 3.57 Å². The lowest BCUT2D eigenvalue weighted by Crippen LogP contribution is -2.13. The van der Waals surface area contributed by atoms with Gasteiger partial charge in [-0.15, -0.1) is 0 Å². The van der Waals surface area contributed by atoms with Gasteiger partial charge in [-0.1, -0.05) is 6.07 Å². The number of benzene rings is 2. The molecule has 0 heterocycles. The van der Waals surface area contributed by atoms with Crippen LogP contribution in [0.3, 0.4) is 0 Å². The highest BCUT2D eigenvalue weighted by atomic mass is 127. The second-order valence-corrected chi connectivity index (χ2v) is 7.06. The Morgan fingerprint density at radius 3 is 2.43 bits per heavy atom. The van der Waals surface area contributed by atoms with Crippen LogP contribution in [0.5, 0.6) is 0 Å². The van der Waals surface area contributed by atoms with Crippen LogP contribution < -0.4 is 4.72 Å². The average Bonchev–Trinajstić information content (AvgIpc) is 2.46. The van der Waals surface area contributed by atoms with Crippen molar-refractivity contribution in [3.63, 3.8) is 0 Å². The third-order valence-corrected chi connectivity index (χ3v) is 4.78. The Kier molecular flexibility index (Phi) is 4.84. The highest BCUT2D eigenvalue weighted by Crippen LogP contribution is 2.18. The van der Waals surface area contributed by atoms with E-state index in [9.17, 15) is 13.2 Å². The van der Waals surface area contributed by atoms with E-state index in [1.54, 1.807) is 30.3 Å². The second-order valence-electron chi connectivity index (χ2n) is 4.13. The molecule has 2 aromatic carbocycles. The van der Waals surface area contributed by atoms with Crippen molar-refractivity contribution < 1.29 is 17.9 Å². The molecule has 0 atom stereocenters. The summed E-state index contributed by atoms with van der Waals surface area (Å²) in [5.41, 5.74) is 0.580. The Bertz CT molecular complexity index is 757. The molecule has 110 valence electrons. The van der Waals surface area contributed by atoms with Gasteiger partial charge in [-0.3, -0.25) is 4.72 Å². The summed E-state index contributed by atoms with van der Waals surface area (Å²) in [6.07, 6.45) is 0. The van der Waals surface area contributed by atoms with Crippen LogP contribution in [-0.4, -0.2) is 21.5 Å². The molecule has 0 aromatic heterocycles. The smallest absolute Gasteiger partial charge is 0.337 e. The van der Waals surface area contributed by atoms with Gasteiger partial charge in [0, 0.05) is 9.26 Å². The van der Waals surface area contributed by atoms with Crippen molar-refractivity contribution in [2.45, 2.75) is 4.90 Å². The van der Waals surface area contributed by atoms with Crippen molar-refractivity contribution >= 4 is 44.3 Å². The molecule has 1 N–H and O–H groups in total. The minimum absolute atomic E-state index is 0.159. The topological polar surface area (TPSA) is 72.5 Å². The van der Waals surface area contributed by atoms with E-state index in [0.29, 0.717) is 5.69 Å². The van der Waals surface area contributed by atoms with E-state index in [-0.39, 0.29) is 10.5 Å². The van der Waals surface area contributed by atoms with Crippen LogP contribution in [-0.2, 0) is 14.8 Å². The van der Waals surface area contributed by atoms with Gasteiger partial charge in [-0.2, -0.15) is 0 Å². The van der Waals surface area contributed by atoms with Gasteiger partial charge in [0.15, 0.2) is 0 Å². The molecule has 0 spiro atoms. The summed E-state index contributed by atoms with van der Waals surface area (Å²) >= 11 is 2.10. The van der Waals surface area contributed by atoms with Gasteiger partial charge < -0.3 is 4.74 Å². The largest absolute Gasteiger partial charge is 0.465 e. The summed E-state index contributed by atoms with van der Waals surface area (Å²) < 4.78 is 32.4. The van der Waals surface area contributed by atoms with E-state index < -0.39 is 16.0 Å². The average molecular weight is 417 g/mol. The van der Waals surface area contributed by atoms with Gasteiger partial charge in [0.25, 0.3) is 10.0 Å². The molecule has 0 aliphatic rings. The molecule has 5 nitrogen and oxygen atoms in total. The molecule has 0 bridgehead atoms. The van der Waals surface area contributed by atoms with E-state index in [4.69, 9.17) is 0 Å². The zero-order valence-electron chi connectivity index (χ0n) is 11.0. The number of carbonyl (C=O) groups excluding carboxylic acids is 1. The van der Waals surface area contributed by atoms with Crippen molar-refractivity contribution in [2.75, 3.05) is 11.8 Å². The summed E-state index contributed by atoms with van der Waals surface area (Å²) in [7, 11) is -2.42. The maximum absolute atomic E-state index is 12.2. The third-order valence-electron chi connectivity index (χ3n) is 2.66. The number of methoxy groups -OCH3 is 1. The molecule has 21 heavy (non-hydrogen) atoms. The summed E-state index contributed by atoms with van der Waals surface area (Å²) in [4.78, 5) is 11.6. The molecule has 0 saturated carbocycles. The lowest BCUT2D eigenvalue weighted by Gasteiger charge is -2.09. The maximum atomic E-state index is 12.2. The highest BCUT2D eigenvalue weighted by Gasteiger charge is 2.15. The highest BCUT2D eigenvalue weighted by molar-refractivity contribution is 14.1. The van der Waals surface area contributed by atoms with Gasteiger partial charge in [0.2, 0.25) is 0 Å². The Labute approximate surface area is 136 Å². The van der Waals surface area contributed by atoms with Gasteiger partial charge in [-0.25, -0.2) is 13.2 Å². The molecule has 2 aromatic rings. The van der Waals surface area contributed by atoms with E-state index in [2.05, 4.69) is 32.0 Å². The first-order valence-electron chi connectivity index (χ1n) is 5.89. The molecule has 0 amide bonds. The fraction of sp³-hybridized carbons (Fsp3) is 0.0714. The molecule has 7 heteroatoms. The molecule has 2 rings (SSSR count). The van der Waals surface area contributed by atoms with Crippen LogP contribution in [0.4, 0.5) is 5.69 Å². The van der Waals surface area contributed by atoms with E-state index in [1.165, 1.54) is 25.3 Å². The van der Waals surface area contributed by atoms with Crippen LogP contribution in [0.2, 0.25) is 0 Å². The van der Waals surface area contributed by atoms with E-state index in [1.807, 2.05) is 0 Å².